The molecule has 17 heavy (non-hydrogen) atoms. The first-order chi connectivity index (χ1) is 8.34. The molecule has 1 aromatic heterocycles. The molecule has 0 unspecified atom stereocenters. The average Bonchev–Trinajstić information content (AvgIpc) is 2.99. The fourth-order valence-electron chi connectivity index (χ4n) is 2.34. The third kappa shape index (κ3) is 2.03. The normalized spacial score (nSPS) is 24.2. The summed E-state index contributed by atoms with van der Waals surface area (Å²) in [5, 5.41) is 0.971. The Kier molecular flexibility index (Phi) is 2.78. The van der Waals surface area contributed by atoms with Gasteiger partial charge in [-0.3, -0.25) is 0 Å². The van der Waals surface area contributed by atoms with Crippen LogP contribution in [0.2, 0.25) is 0 Å². The van der Waals surface area contributed by atoms with Crippen molar-refractivity contribution in [3.05, 3.63) is 42.2 Å². The van der Waals surface area contributed by atoms with Gasteiger partial charge in [-0.25, -0.2) is 4.98 Å². The molecule has 88 valence electrons. The number of nitrogens with two attached hydrogens (primary N) is 1. The van der Waals surface area contributed by atoms with Crippen LogP contribution in [-0.2, 0) is 0 Å². The Morgan fingerprint density at radius 2 is 2.06 bits per heavy atom. The second kappa shape index (κ2) is 4.43. The predicted octanol–water partition coefficient (Wildman–Crippen LogP) is 1.47. The first kappa shape index (κ1) is 10.7. The van der Waals surface area contributed by atoms with Gasteiger partial charge in [-0.05, 0) is 5.56 Å². The summed E-state index contributed by atoms with van der Waals surface area (Å²) in [5.74, 6) is 0.389. The molecular weight excluding hydrogens is 232 g/mol. The molecule has 2 aromatic rings. The van der Waals surface area contributed by atoms with E-state index in [0.29, 0.717) is 5.92 Å². The lowest BCUT2D eigenvalue weighted by atomic mass is 9.95. The van der Waals surface area contributed by atoms with E-state index >= 15 is 0 Å². The van der Waals surface area contributed by atoms with Gasteiger partial charge in [-0.1, -0.05) is 30.3 Å². The number of hydrogen-bond donors (Lipinski definition) is 1. The molecule has 1 aliphatic rings. The minimum atomic E-state index is 0.168. The lowest BCUT2D eigenvalue weighted by molar-refractivity contribution is 0.653. The van der Waals surface area contributed by atoms with Crippen LogP contribution in [0, 0.1) is 0 Å². The van der Waals surface area contributed by atoms with Gasteiger partial charge in [0.05, 0.1) is 0 Å². The Morgan fingerprint density at radius 1 is 1.24 bits per heavy atom. The second-order valence-electron chi connectivity index (χ2n) is 4.31. The molecule has 1 aliphatic heterocycles. The minimum Gasteiger partial charge on any atom is -0.345 e. The zero-order valence-electron chi connectivity index (χ0n) is 9.36. The van der Waals surface area contributed by atoms with Crippen molar-refractivity contribution in [2.75, 3.05) is 18.0 Å². The van der Waals surface area contributed by atoms with Crippen molar-refractivity contribution in [1.29, 1.82) is 0 Å². The van der Waals surface area contributed by atoms with E-state index in [0.717, 1.165) is 18.2 Å². The minimum absolute atomic E-state index is 0.168. The maximum atomic E-state index is 6.22. The van der Waals surface area contributed by atoms with Gasteiger partial charge >= 0.3 is 0 Å². The molecule has 4 nitrogen and oxygen atoms in total. The van der Waals surface area contributed by atoms with Crippen LogP contribution in [0.25, 0.3) is 0 Å². The molecule has 0 radical (unpaired) electrons. The summed E-state index contributed by atoms with van der Waals surface area (Å²) in [5.41, 5.74) is 7.53. The summed E-state index contributed by atoms with van der Waals surface area (Å²) in [4.78, 5) is 6.46. The fourth-order valence-corrected chi connectivity index (χ4v) is 2.89. The van der Waals surface area contributed by atoms with Crippen LogP contribution in [-0.4, -0.2) is 28.5 Å². The van der Waals surface area contributed by atoms with E-state index < -0.39 is 0 Å². The molecule has 0 bridgehead atoms. The fraction of sp³-hybridized carbons (Fsp3) is 0.333. The van der Waals surface area contributed by atoms with Crippen LogP contribution in [0.5, 0.6) is 0 Å². The Balaban J connectivity index is 1.81. The molecule has 1 aromatic carbocycles. The van der Waals surface area contributed by atoms with E-state index in [1.54, 1.807) is 6.33 Å². The molecule has 1 saturated heterocycles. The first-order valence-electron chi connectivity index (χ1n) is 5.67. The number of rotatable bonds is 2. The summed E-state index contributed by atoms with van der Waals surface area (Å²) in [6.07, 6.45) is 1.60. The smallest absolute Gasteiger partial charge is 0.204 e. The number of anilines is 1. The standard InChI is InChI=1S/C12H14N4S/c13-11-7-16(12-14-8-15-17-12)6-10(11)9-4-2-1-3-5-9/h1-5,8,10-11H,6-7,13H2/t10-,11+/m0/s1. The maximum Gasteiger partial charge on any atom is 0.204 e. The highest BCUT2D eigenvalue weighted by atomic mass is 32.1. The van der Waals surface area contributed by atoms with Crippen LogP contribution in [0.3, 0.4) is 0 Å². The molecule has 0 saturated carbocycles. The van der Waals surface area contributed by atoms with Gasteiger partial charge in [0.2, 0.25) is 5.13 Å². The summed E-state index contributed by atoms with van der Waals surface area (Å²) < 4.78 is 4.04. The van der Waals surface area contributed by atoms with E-state index in [4.69, 9.17) is 5.73 Å². The number of nitrogens with zero attached hydrogens (tertiary/aromatic N) is 3. The van der Waals surface area contributed by atoms with Gasteiger partial charge in [0.15, 0.2) is 0 Å². The van der Waals surface area contributed by atoms with Crippen molar-refractivity contribution in [3.63, 3.8) is 0 Å². The summed E-state index contributed by atoms with van der Waals surface area (Å²) in [6, 6.07) is 10.6. The maximum absolute atomic E-state index is 6.22. The average molecular weight is 246 g/mol. The highest BCUT2D eigenvalue weighted by Crippen LogP contribution is 2.30. The highest BCUT2D eigenvalue weighted by molar-refractivity contribution is 7.09. The molecule has 0 spiro atoms. The Labute approximate surface area is 104 Å². The number of hydrogen-bond acceptors (Lipinski definition) is 5. The summed E-state index contributed by atoms with van der Waals surface area (Å²) >= 11 is 1.43. The molecular formula is C12H14N4S. The van der Waals surface area contributed by atoms with Crippen LogP contribution >= 0.6 is 11.5 Å². The van der Waals surface area contributed by atoms with Gasteiger partial charge in [-0.2, -0.15) is 4.37 Å². The van der Waals surface area contributed by atoms with E-state index in [1.165, 1.54) is 17.1 Å². The monoisotopic (exact) mass is 246 g/mol. The Bertz CT molecular complexity index is 471. The van der Waals surface area contributed by atoms with Crippen molar-refractivity contribution < 1.29 is 0 Å². The topological polar surface area (TPSA) is 55.0 Å². The van der Waals surface area contributed by atoms with E-state index in [-0.39, 0.29) is 6.04 Å². The van der Waals surface area contributed by atoms with Crippen LogP contribution < -0.4 is 10.6 Å². The van der Waals surface area contributed by atoms with Crippen molar-refractivity contribution >= 4 is 16.7 Å². The molecule has 2 heterocycles. The molecule has 1 fully saturated rings. The summed E-state index contributed by atoms with van der Waals surface area (Å²) in [6.45, 7) is 1.79. The molecule has 0 amide bonds. The molecule has 2 atom stereocenters. The van der Waals surface area contributed by atoms with Crippen LogP contribution in [0.4, 0.5) is 5.13 Å². The number of aromatic nitrogens is 2. The van der Waals surface area contributed by atoms with Crippen LogP contribution in [0.1, 0.15) is 11.5 Å². The van der Waals surface area contributed by atoms with E-state index in [9.17, 15) is 0 Å². The first-order valence-corrected chi connectivity index (χ1v) is 6.44. The molecule has 5 heteroatoms. The summed E-state index contributed by atoms with van der Waals surface area (Å²) in [7, 11) is 0. The van der Waals surface area contributed by atoms with Gasteiger partial charge in [-0.15, -0.1) is 0 Å². The predicted molar refractivity (Wildman–Crippen MR) is 69.3 cm³/mol. The Hall–Kier alpha value is -1.46. The third-order valence-electron chi connectivity index (χ3n) is 3.21. The van der Waals surface area contributed by atoms with Gasteiger partial charge in [0.1, 0.15) is 6.33 Å². The zero-order chi connectivity index (χ0) is 11.7. The van der Waals surface area contributed by atoms with Gasteiger partial charge < -0.3 is 10.6 Å². The van der Waals surface area contributed by atoms with Crippen molar-refractivity contribution in [3.8, 4) is 0 Å². The van der Waals surface area contributed by atoms with E-state index in [2.05, 4.69) is 38.5 Å². The van der Waals surface area contributed by atoms with Crippen molar-refractivity contribution in [2.45, 2.75) is 12.0 Å². The van der Waals surface area contributed by atoms with Crippen molar-refractivity contribution in [2.24, 2.45) is 5.73 Å². The molecule has 0 aliphatic carbocycles. The Morgan fingerprint density at radius 3 is 2.76 bits per heavy atom. The van der Waals surface area contributed by atoms with E-state index in [1.807, 2.05) is 6.07 Å². The highest BCUT2D eigenvalue weighted by Gasteiger charge is 2.32. The SMILES string of the molecule is N[C@@H]1CN(c2ncns2)C[C@H]1c1ccccc1. The largest absolute Gasteiger partial charge is 0.345 e. The second-order valence-corrected chi connectivity index (χ2v) is 5.07. The molecule has 3 rings (SSSR count). The number of benzene rings is 1. The van der Waals surface area contributed by atoms with Gasteiger partial charge in [0.25, 0.3) is 0 Å². The lowest BCUT2D eigenvalue weighted by Gasteiger charge is -2.14. The lowest BCUT2D eigenvalue weighted by Crippen LogP contribution is -2.28. The third-order valence-corrected chi connectivity index (χ3v) is 3.94. The molecule has 2 N–H and O–H groups in total. The quantitative estimate of drug-likeness (QED) is 0.872. The van der Waals surface area contributed by atoms with Gasteiger partial charge in [0, 0.05) is 36.6 Å². The van der Waals surface area contributed by atoms with Crippen LogP contribution in [0.15, 0.2) is 36.7 Å². The zero-order valence-corrected chi connectivity index (χ0v) is 10.2. The van der Waals surface area contributed by atoms with Crippen molar-refractivity contribution in [1.82, 2.24) is 9.36 Å².